The molecule has 1 fully saturated rings. The zero-order chi connectivity index (χ0) is 20.8. The summed E-state index contributed by atoms with van der Waals surface area (Å²) in [7, 11) is 0. The summed E-state index contributed by atoms with van der Waals surface area (Å²) in [5, 5.41) is 11.1. The highest BCUT2D eigenvalue weighted by Gasteiger charge is 2.26. The molecule has 0 radical (unpaired) electrons. The number of carbonyl (C=O) groups is 1. The third kappa shape index (κ3) is 5.33. The number of nitro benzene ring substituents is 1. The van der Waals surface area contributed by atoms with Gasteiger partial charge in [-0.1, -0.05) is 72.8 Å². The Morgan fingerprint density at radius 3 is 2.48 bits per heavy atom. The smallest absolute Gasteiger partial charge is 0.270 e. The summed E-state index contributed by atoms with van der Waals surface area (Å²) in [6, 6.07) is 12.1. The van der Waals surface area contributed by atoms with E-state index >= 15 is 0 Å². The van der Waals surface area contributed by atoms with E-state index in [2.05, 4.69) is 28.9 Å². The lowest BCUT2D eigenvalue weighted by Crippen LogP contribution is -2.16. The van der Waals surface area contributed by atoms with Crippen molar-refractivity contribution in [3.8, 4) is 0 Å². The topological polar surface area (TPSA) is 60.2 Å². The number of non-ortho nitro benzene ring substituents is 1. The van der Waals surface area contributed by atoms with Gasteiger partial charge < -0.3 is 0 Å². The number of hydrogen-bond acceptors (Lipinski definition) is 3. The lowest BCUT2D eigenvalue weighted by Gasteiger charge is -2.30. The van der Waals surface area contributed by atoms with Gasteiger partial charge >= 0.3 is 0 Å². The summed E-state index contributed by atoms with van der Waals surface area (Å²) in [5.74, 6) is 1.04. The Kier molecular flexibility index (Phi) is 7.59. The molecule has 0 aliphatic heterocycles. The summed E-state index contributed by atoms with van der Waals surface area (Å²) >= 11 is 3.39. The van der Waals surface area contributed by atoms with E-state index in [1.54, 1.807) is 6.07 Å². The number of halogens is 1. The van der Waals surface area contributed by atoms with Gasteiger partial charge in [0.1, 0.15) is 0 Å². The second-order valence-corrected chi connectivity index (χ2v) is 8.91. The Balaban J connectivity index is 1.79. The minimum Gasteiger partial charge on any atom is -0.289 e. The zero-order valence-corrected chi connectivity index (χ0v) is 18.5. The standard InChI is InChI=1S/C24H28BrNO3/c1-2-3-4-7-17-10-12-18(13-11-17)20-8-5-6-9-21(20)24(27)22-16-19(26(28)29)14-15-23(22)25/h5-6,8-9,14-18H,2-4,7,10-13H2,1H3. The summed E-state index contributed by atoms with van der Waals surface area (Å²) in [4.78, 5) is 24.0. The Labute approximate surface area is 181 Å². The number of carbonyl (C=O) groups excluding carboxylic acids is 1. The van der Waals surface area contributed by atoms with Crippen molar-refractivity contribution < 1.29 is 9.72 Å². The van der Waals surface area contributed by atoms with E-state index < -0.39 is 4.92 Å². The van der Waals surface area contributed by atoms with E-state index in [0.717, 1.165) is 24.3 Å². The van der Waals surface area contributed by atoms with E-state index in [1.807, 2.05) is 18.2 Å². The molecule has 2 aromatic carbocycles. The fraction of sp³-hybridized carbons (Fsp3) is 0.458. The van der Waals surface area contributed by atoms with Gasteiger partial charge in [-0.2, -0.15) is 0 Å². The molecule has 0 N–H and O–H groups in total. The van der Waals surface area contributed by atoms with Crippen LogP contribution in [0.2, 0.25) is 0 Å². The van der Waals surface area contributed by atoms with Crippen LogP contribution in [0.5, 0.6) is 0 Å². The maximum atomic E-state index is 13.3. The van der Waals surface area contributed by atoms with Gasteiger partial charge in [0, 0.05) is 27.7 Å². The SMILES string of the molecule is CCCCCC1CCC(c2ccccc2C(=O)c2cc([N+](=O)[O-])ccc2Br)CC1. The fourth-order valence-corrected chi connectivity index (χ4v) is 4.88. The number of nitro groups is 1. The average Bonchev–Trinajstić information content (AvgIpc) is 2.74. The van der Waals surface area contributed by atoms with Crippen molar-refractivity contribution in [1.82, 2.24) is 0 Å². The third-order valence-corrected chi connectivity index (χ3v) is 6.80. The lowest BCUT2D eigenvalue weighted by molar-refractivity contribution is -0.384. The van der Waals surface area contributed by atoms with Crippen LogP contribution in [0.3, 0.4) is 0 Å². The minimum atomic E-state index is -0.463. The number of benzene rings is 2. The number of rotatable bonds is 8. The van der Waals surface area contributed by atoms with Crippen molar-refractivity contribution in [1.29, 1.82) is 0 Å². The molecule has 2 aromatic rings. The molecule has 1 aliphatic carbocycles. The van der Waals surface area contributed by atoms with Crippen LogP contribution in [0.4, 0.5) is 5.69 Å². The van der Waals surface area contributed by atoms with Crippen molar-refractivity contribution in [2.75, 3.05) is 0 Å². The van der Waals surface area contributed by atoms with Crippen LogP contribution in [0.25, 0.3) is 0 Å². The summed E-state index contributed by atoms with van der Waals surface area (Å²) < 4.78 is 0.586. The van der Waals surface area contributed by atoms with Gasteiger partial charge in [-0.3, -0.25) is 14.9 Å². The molecular formula is C24H28BrNO3. The Morgan fingerprint density at radius 1 is 1.07 bits per heavy atom. The molecule has 0 unspecified atom stereocenters. The van der Waals surface area contributed by atoms with Crippen molar-refractivity contribution in [3.05, 3.63) is 73.7 Å². The molecule has 1 saturated carbocycles. The zero-order valence-electron chi connectivity index (χ0n) is 16.9. The summed E-state index contributed by atoms with van der Waals surface area (Å²) in [6.45, 7) is 2.24. The highest BCUT2D eigenvalue weighted by Crippen LogP contribution is 2.39. The molecule has 0 aromatic heterocycles. The Morgan fingerprint density at radius 2 is 1.79 bits per heavy atom. The molecule has 0 atom stereocenters. The van der Waals surface area contributed by atoms with E-state index in [4.69, 9.17) is 0 Å². The second kappa shape index (κ2) is 10.1. The van der Waals surface area contributed by atoms with Crippen LogP contribution in [-0.4, -0.2) is 10.7 Å². The lowest BCUT2D eigenvalue weighted by atomic mass is 9.75. The highest BCUT2D eigenvalue weighted by molar-refractivity contribution is 9.10. The van der Waals surface area contributed by atoms with Gasteiger partial charge in [-0.15, -0.1) is 0 Å². The van der Waals surface area contributed by atoms with Gasteiger partial charge in [0.2, 0.25) is 0 Å². The molecule has 0 heterocycles. The van der Waals surface area contributed by atoms with Crippen LogP contribution in [0, 0.1) is 16.0 Å². The molecule has 4 nitrogen and oxygen atoms in total. The monoisotopic (exact) mass is 457 g/mol. The molecule has 1 aliphatic rings. The van der Waals surface area contributed by atoms with E-state index in [1.165, 1.54) is 50.7 Å². The fourth-order valence-electron chi connectivity index (χ4n) is 4.45. The van der Waals surface area contributed by atoms with Crippen molar-refractivity contribution >= 4 is 27.4 Å². The molecule has 0 amide bonds. The van der Waals surface area contributed by atoms with Crippen LogP contribution < -0.4 is 0 Å². The first kappa shape index (κ1) is 21.7. The highest BCUT2D eigenvalue weighted by atomic mass is 79.9. The predicted octanol–water partition coefficient (Wildman–Crippen LogP) is 7.44. The maximum Gasteiger partial charge on any atom is 0.270 e. The minimum absolute atomic E-state index is 0.0679. The first-order chi connectivity index (χ1) is 14.0. The van der Waals surface area contributed by atoms with Gasteiger partial charge in [-0.05, 0) is 49.1 Å². The van der Waals surface area contributed by atoms with Crippen LogP contribution >= 0.6 is 15.9 Å². The second-order valence-electron chi connectivity index (χ2n) is 8.05. The first-order valence-electron chi connectivity index (χ1n) is 10.6. The normalized spacial score (nSPS) is 19.1. The van der Waals surface area contributed by atoms with Gasteiger partial charge in [0.25, 0.3) is 5.69 Å². The quantitative estimate of drug-likeness (QED) is 0.179. The van der Waals surface area contributed by atoms with Gasteiger partial charge in [-0.25, -0.2) is 0 Å². The van der Waals surface area contributed by atoms with Crippen LogP contribution in [-0.2, 0) is 0 Å². The predicted molar refractivity (Wildman–Crippen MR) is 120 cm³/mol. The molecular weight excluding hydrogens is 430 g/mol. The van der Waals surface area contributed by atoms with Crippen LogP contribution in [0.1, 0.15) is 85.7 Å². The van der Waals surface area contributed by atoms with Crippen molar-refractivity contribution in [3.63, 3.8) is 0 Å². The molecule has 0 saturated heterocycles. The molecule has 5 heteroatoms. The number of nitrogens with zero attached hydrogens (tertiary/aromatic N) is 1. The Bertz CT molecular complexity index is 872. The maximum absolute atomic E-state index is 13.3. The van der Waals surface area contributed by atoms with Crippen LogP contribution in [0.15, 0.2) is 46.9 Å². The molecule has 154 valence electrons. The van der Waals surface area contributed by atoms with Gasteiger partial charge in [0.05, 0.1) is 4.92 Å². The van der Waals surface area contributed by atoms with E-state index in [-0.39, 0.29) is 11.5 Å². The first-order valence-corrected chi connectivity index (χ1v) is 11.4. The van der Waals surface area contributed by atoms with Gasteiger partial charge in [0.15, 0.2) is 5.78 Å². The van der Waals surface area contributed by atoms with Crippen molar-refractivity contribution in [2.45, 2.75) is 64.2 Å². The molecule has 3 rings (SSSR count). The largest absolute Gasteiger partial charge is 0.289 e. The molecule has 0 spiro atoms. The molecule has 29 heavy (non-hydrogen) atoms. The van der Waals surface area contributed by atoms with E-state index in [9.17, 15) is 14.9 Å². The van der Waals surface area contributed by atoms with Crippen molar-refractivity contribution in [2.24, 2.45) is 5.92 Å². The van der Waals surface area contributed by atoms with E-state index in [0.29, 0.717) is 21.5 Å². The average molecular weight is 458 g/mol. The summed E-state index contributed by atoms with van der Waals surface area (Å²) in [6.07, 6.45) is 9.88. The molecule has 0 bridgehead atoms. The summed E-state index contributed by atoms with van der Waals surface area (Å²) in [5.41, 5.74) is 2.03. The third-order valence-electron chi connectivity index (χ3n) is 6.11. The number of hydrogen-bond donors (Lipinski definition) is 0. The number of ketones is 1. The number of unbranched alkanes of at least 4 members (excludes halogenated alkanes) is 2. The Hall–Kier alpha value is -2.01.